The van der Waals surface area contributed by atoms with Crippen LogP contribution in [0.15, 0.2) is 54.6 Å². The van der Waals surface area contributed by atoms with Crippen LogP contribution in [-0.2, 0) is 6.42 Å². The predicted octanol–water partition coefficient (Wildman–Crippen LogP) is 3.67. The van der Waals surface area contributed by atoms with Crippen LogP contribution in [0.1, 0.15) is 28.9 Å². The number of carbonyl (C=O) groups is 1. The molecule has 4 rings (SSSR count). The molecule has 0 bridgehead atoms. The average molecular weight is 399 g/mol. The Kier molecular flexibility index (Phi) is 7.06. The lowest BCUT2D eigenvalue weighted by molar-refractivity contribution is 0.0933. The van der Waals surface area contributed by atoms with E-state index in [0.29, 0.717) is 11.6 Å². The first-order valence-corrected chi connectivity index (χ1v) is 9.77. The number of rotatable bonds is 6. The van der Waals surface area contributed by atoms with Crippen LogP contribution in [0.2, 0.25) is 0 Å². The van der Waals surface area contributed by atoms with Crippen molar-refractivity contribution in [2.75, 3.05) is 26.2 Å². The minimum atomic E-state index is -0.0843. The second-order valence-corrected chi connectivity index (χ2v) is 7.35. The number of nitrogens with zero attached hydrogens (tertiary/aromatic N) is 2. The molecular formula is C22H27ClN4O. The van der Waals surface area contributed by atoms with Crippen molar-refractivity contribution < 1.29 is 4.79 Å². The van der Waals surface area contributed by atoms with E-state index < -0.39 is 0 Å². The molecule has 0 spiro atoms. The minimum Gasteiger partial charge on any atom is -0.350 e. The number of hydrogen-bond acceptors (Lipinski definition) is 3. The molecule has 0 atom stereocenters. The van der Waals surface area contributed by atoms with Gasteiger partial charge in [0.15, 0.2) is 5.69 Å². The monoisotopic (exact) mass is 398 g/mol. The Bertz CT molecular complexity index is 888. The fourth-order valence-corrected chi connectivity index (χ4v) is 3.80. The molecule has 3 aromatic rings. The summed E-state index contributed by atoms with van der Waals surface area (Å²) in [5, 5.41) is 11.1. The molecule has 1 aromatic heterocycles. The summed E-state index contributed by atoms with van der Waals surface area (Å²) in [4.78, 5) is 15.0. The molecule has 2 N–H and O–H groups in total. The lowest BCUT2D eigenvalue weighted by Crippen LogP contribution is -2.39. The van der Waals surface area contributed by atoms with Gasteiger partial charge in [0.25, 0.3) is 5.91 Å². The molecule has 0 aliphatic carbocycles. The minimum absolute atomic E-state index is 0. The van der Waals surface area contributed by atoms with Crippen LogP contribution < -0.4 is 5.32 Å². The van der Waals surface area contributed by atoms with Gasteiger partial charge in [0.1, 0.15) is 0 Å². The lowest BCUT2D eigenvalue weighted by Gasteiger charge is -2.32. The Morgan fingerprint density at radius 2 is 1.79 bits per heavy atom. The number of para-hydroxylation sites is 1. The van der Waals surface area contributed by atoms with Crippen LogP contribution in [0.4, 0.5) is 0 Å². The number of fused-ring (bicyclic) bond motifs is 1. The largest absolute Gasteiger partial charge is 0.350 e. The molecule has 5 nitrogen and oxygen atoms in total. The smallest absolute Gasteiger partial charge is 0.272 e. The highest BCUT2D eigenvalue weighted by atomic mass is 35.5. The maximum Gasteiger partial charge on any atom is 0.272 e. The molecule has 0 unspecified atom stereocenters. The molecule has 0 radical (unpaired) electrons. The molecule has 6 heteroatoms. The van der Waals surface area contributed by atoms with E-state index in [1.807, 2.05) is 24.3 Å². The zero-order valence-corrected chi connectivity index (χ0v) is 16.8. The fourth-order valence-electron chi connectivity index (χ4n) is 3.80. The highest BCUT2D eigenvalue weighted by Gasteiger charge is 2.21. The van der Waals surface area contributed by atoms with Crippen LogP contribution in [-0.4, -0.2) is 47.2 Å². The van der Waals surface area contributed by atoms with Crippen molar-refractivity contribution in [3.05, 3.63) is 65.9 Å². The Hall–Kier alpha value is -2.37. The molecule has 2 heterocycles. The van der Waals surface area contributed by atoms with Crippen molar-refractivity contribution in [3.63, 3.8) is 0 Å². The van der Waals surface area contributed by atoms with Crippen LogP contribution >= 0.6 is 12.4 Å². The Labute approximate surface area is 171 Å². The summed E-state index contributed by atoms with van der Waals surface area (Å²) in [6.45, 7) is 4.06. The number of halogens is 1. The summed E-state index contributed by atoms with van der Waals surface area (Å²) in [6, 6.07) is 18.4. The third-order valence-electron chi connectivity index (χ3n) is 5.50. The second-order valence-electron chi connectivity index (χ2n) is 7.35. The van der Waals surface area contributed by atoms with Gasteiger partial charge < -0.3 is 10.2 Å². The average Bonchev–Trinajstić information content (AvgIpc) is 3.16. The van der Waals surface area contributed by atoms with Gasteiger partial charge in [0.2, 0.25) is 0 Å². The van der Waals surface area contributed by atoms with Gasteiger partial charge >= 0.3 is 0 Å². The molecule has 1 aliphatic rings. The zero-order chi connectivity index (χ0) is 18.5. The third-order valence-corrected chi connectivity index (χ3v) is 5.50. The number of likely N-dealkylation sites (tertiary alicyclic amines) is 1. The van der Waals surface area contributed by atoms with Gasteiger partial charge in [-0.3, -0.25) is 9.89 Å². The van der Waals surface area contributed by atoms with Crippen molar-refractivity contribution in [2.45, 2.75) is 19.3 Å². The van der Waals surface area contributed by atoms with Gasteiger partial charge in [-0.1, -0.05) is 48.5 Å². The summed E-state index contributed by atoms with van der Waals surface area (Å²) in [7, 11) is 0. The quantitative estimate of drug-likeness (QED) is 0.666. The van der Waals surface area contributed by atoms with Gasteiger partial charge in [-0.15, -0.1) is 12.4 Å². The number of H-pyrrole nitrogens is 1. The van der Waals surface area contributed by atoms with Crippen molar-refractivity contribution in [3.8, 4) is 0 Å². The first-order valence-electron chi connectivity index (χ1n) is 9.77. The summed E-state index contributed by atoms with van der Waals surface area (Å²) < 4.78 is 0. The SMILES string of the molecule is Cl.O=C(NCC1CCN(CCc2ccccc2)CC1)c1n[nH]c2ccccc12. The summed E-state index contributed by atoms with van der Waals surface area (Å²) in [6.07, 6.45) is 3.38. The topological polar surface area (TPSA) is 61.0 Å². The Morgan fingerprint density at radius 1 is 1.07 bits per heavy atom. The van der Waals surface area contributed by atoms with Crippen LogP contribution in [0.5, 0.6) is 0 Å². The van der Waals surface area contributed by atoms with Gasteiger partial charge in [-0.25, -0.2) is 0 Å². The van der Waals surface area contributed by atoms with Crippen molar-refractivity contribution in [1.82, 2.24) is 20.4 Å². The van der Waals surface area contributed by atoms with E-state index in [1.54, 1.807) is 0 Å². The highest BCUT2D eigenvalue weighted by molar-refractivity contribution is 6.04. The van der Waals surface area contributed by atoms with Crippen molar-refractivity contribution in [1.29, 1.82) is 0 Å². The maximum atomic E-state index is 12.5. The molecule has 1 aliphatic heterocycles. The summed E-state index contributed by atoms with van der Waals surface area (Å²) in [5.41, 5.74) is 2.79. The zero-order valence-electron chi connectivity index (χ0n) is 15.9. The first kappa shape index (κ1) is 20.4. The van der Waals surface area contributed by atoms with Gasteiger partial charge in [-0.05, 0) is 49.9 Å². The van der Waals surface area contributed by atoms with Crippen LogP contribution in [0, 0.1) is 5.92 Å². The first-order chi connectivity index (χ1) is 13.3. The normalized spacial score (nSPS) is 15.3. The van der Waals surface area contributed by atoms with E-state index in [4.69, 9.17) is 0 Å². The van der Waals surface area contributed by atoms with E-state index >= 15 is 0 Å². The number of amides is 1. The molecular weight excluding hydrogens is 372 g/mol. The van der Waals surface area contributed by atoms with Crippen LogP contribution in [0.3, 0.4) is 0 Å². The van der Waals surface area contributed by atoms with Crippen LogP contribution in [0.25, 0.3) is 10.9 Å². The molecule has 148 valence electrons. The van der Waals surface area contributed by atoms with Gasteiger partial charge in [0, 0.05) is 18.5 Å². The fraction of sp³-hybridized carbons (Fsp3) is 0.364. The van der Waals surface area contributed by atoms with E-state index in [2.05, 4.69) is 50.7 Å². The summed E-state index contributed by atoms with van der Waals surface area (Å²) in [5.74, 6) is 0.464. The number of aromatic nitrogens is 2. The standard InChI is InChI=1S/C22H26N4O.ClH/c27-22(21-19-8-4-5-9-20(19)24-25-21)23-16-18-11-14-26(15-12-18)13-10-17-6-2-1-3-7-17;/h1-9,18H,10-16H2,(H,23,27)(H,24,25);1H. The van der Waals surface area contributed by atoms with Crippen molar-refractivity contribution >= 4 is 29.2 Å². The number of benzene rings is 2. The predicted molar refractivity (Wildman–Crippen MR) is 115 cm³/mol. The third kappa shape index (κ3) is 4.91. The van der Waals surface area contributed by atoms with E-state index in [1.165, 1.54) is 5.56 Å². The van der Waals surface area contributed by atoms with Gasteiger partial charge in [0.05, 0.1) is 5.52 Å². The second kappa shape index (κ2) is 9.71. The molecule has 28 heavy (non-hydrogen) atoms. The number of nitrogens with one attached hydrogen (secondary N) is 2. The number of piperidine rings is 1. The summed E-state index contributed by atoms with van der Waals surface area (Å²) >= 11 is 0. The van der Waals surface area contributed by atoms with Gasteiger partial charge in [-0.2, -0.15) is 5.10 Å². The van der Waals surface area contributed by atoms with E-state index in [0.717, 1.165) is 56.3 Å². The van der Waals surface area contributed by atoms with Crippen molar-refractivity contribution in [2.24, 2.45) is 5.92 Å². The Morgan fingerprint density at radius 3 is 2.57 bits per heavy atom. The maximum absolute atomic E-state index is 12.5. The number of aromatic amines is 1. The number of carbonyl (C=O) groups excluding carboxylic acids is 1. The highest BCUT2D eigenvalue weighted by Crippen LogP contribution is 2.18. The van der Waals surface area contributed by atoms with E-state index in [-0.39, 0.29) is 18.3 Å². The molecule has 1 fully saturated rings. The molecule has 1 amide bonds. The molecule has 0 saturated carbocycles. The Balaban J connectivity index is 0.00000225. The molecule has 2 aromatic carbocycles. The molecule has 1 saturated heterocycles. The van der Waals surface area contributed by atoms with E-state index in [9.17, 15) is 4.79 Å². The number of hydrogen-bond donors (Lipinski definition) is 2. The lowest BCUT2D eigenvalue weighted by atomic mass is 9.96.